The van der Waals surface area contributed by atoms with Gasteiger partial charge in [0.05, 0.1) is 6.26 Å². The molecule has 2 heterocycles. The maximum absolute atomic E-state index is 12.0. The Balaban J connectivity index is 1.77. The Kier molecular flexibility index (Phi) is 2.13. The van der Waals surface area contributed by atoms with Gasteiger partial charge in [-0.25, -0.2) is 0 Å². The lowest BCUT2D eigenvalue weighted by Gasteiger charge is -2.44. The van der Waals surface area contributed by atoms with Gasteiger partial charge in [0.25, 0.3) is 0 Å². The van der Waals surface area contributed by atoms with Gasteiger partial charge in [0.15, 0.2) is 11.4 Å². The molecule has 0 unspecified atom stereocenters. The van der Waals surface area contributed by atoms with Gasteiger partial charge < -0.3 is 9.15 Å². The zero-order valence-corrected chi connectivity index (χ0v) is 9.07. The number of carbonyl (C=O) groups excluding carboxylic acids is 1. The lowest BCUT2D eigenvalue weighted by Crippen LogP contribution is -2.53. The predicted octanol–water partition coefficient (Wildman–Crippen LogP) is 2.92. The third-order valence-corrected chi connectivity index (χ3v) is 3.42. The minimum atomic E-state index is -0.476. The molecule has 1 saturated heterocycles. The van der Waals surface area contributed by atoms with Crippen LogP contribution in [0.3, 0.4) is 0 Å². The molecule has 1 aliphatic heterocycles. The van der Waals surface area contributed by atoms with E-state index >= 15 is 0 Å². The Bertz CT molecular complexity index is 422. The first-order chi connectivity index (χ1) is 7.80. The van der Waals surface area contributed by atoms with Gasteiger partial charge in [-0.05, 0) is 37.8 Å². The molecule has 3 nitrogen and oxygen atoms in total. The molecule has 0 aromatic carbocycles. The fraction of sp³-hybridized carbons (Fsp3) is 0.462. The fourth-order valence-electron chi connectivity index (χ4n) is 2.53. The van der Waals surface area contributed by atoms with Gasteiger partial charge in [0.1, 0.15) is 5.76 Å². The highest BCUT2D eigenvalue weighted by molar-refractivity contribution is 6.08. The van der Waals surface area contributed by atoms with E-state index in [9.17, 15) is 4.79 Å². The van der Waals surface area contributed by atoms with Gasteiger partial charge in [-0.2, -0.15) is 0 Å². The number of Topliss-reactive ketones (excluding diaryl/α,β-unsaturated/α-hetero) is 1. The Hall–Kier alpha value is -1.51. The van der Waals surface area contributed by atoms with Crippen molar-refractivity contribution in [1.29, 1.82) is 0 Å². The number of ether oxygens (including phenoxy) is 1. The van der Waals surface area contributed by atoms with E-state index < -0.39 is 5.60 Å². The largest absolute Gasteiger partial charge is 0.475 e. The molecule has 0 bridgehead atoms. The monoisotopic (exact) mass is 218 g/mol. The molecular formula is C13H14O3. The highest BCUT2D eigenvalue weighted by atomic mass is 16.5. The van der Waals surface area contributed by atoms with Crippen molar-refractivity contribution in [1.82, 2.24) is 0 Å². The molecule has 1 saturated carbocycles. The van der Waals surface area contributed by atoms with Crippen LogP contribution in [0.2, 0.25) is 0 Å². The first kappa shape index (κ1) is 9.70. The molecule has 0 radical (unpaired) electrons. The second-order valence-corrected chi connectivity index (χ2v) is 4.51. The molecule has 1 aliphatic carbocycles. The van der Waals surface area contributed by atoms with E-state index in [-0.39, 0.29) is 5.78 Å². The van der Waals surface area contributed by atoms with Crippen molar-refractivity contribution >= 4 is 11.9 Å². The van der Waals surface area contributed by atoms with Crippen molar-refractivity contribution in [3.63, 3.8) is 0 Å². The summed E-state index contributed by atoms with van der Waals surface area (Å²) < 4.78 is 10.9. The highest BCUT2D eigenvalue weighted by Gasteiger charge is 2.52. The van der Waals surface area contributed by atoms with Crippen molar-refractivity contribution < 1.29 is 13.9 Å². The second kappa shape index (κ2) is 3.51. The molecule has 16 heavy (non-hydrogen) atoms. The van der Waals surface area contributed by atoms with E-state index in [1.165, 1.54) is 6.42 Å². The van der Waals surface area contributed by atoms with Gasteiger partial charge in [-0.1, -0.05) is 6.42 Å². The van der Waals surface area contributed by atoms with E-state index in [1.807, 2.05) is 6.07 Å². The molecule has 2 aliphatic rings. The van der Waals surface area contributed by atoms with Gasteiger partial charge in [-0.3, -0.25) is 4.79 Å². The van der Waals surface area contributed by atoms with Crippen LogP contribution in [-0.2, 0) is 9.53 Å². The molecule has 3 heteroatoms. The Morgan fingerprint density at radius 2 is 2.06 bits per heavy atom. The molecule has 1 spiro atoms. The van der Waals surface area contributed by atoms with Gasteiger partial charge in [0.2, 0.25) is 5.78 Å². The van der Waals surface area contributed by atoms with Crippen LogP contribution in [0.25, 0.3) is 6.08 Å². The predicted molar refractivity (Wildman–Crippen MR) is 58.6 cm³/mol. The van der Waals surface area contributed by atoms with E-state index in [2.05, 4.69) is 0 Å². The fourth-order valence-corrected chi connectivity index (χ4v) is 2.53. The first-order valence-corrected chi connectivity index (χ1v) is 5.79. The summed E-state index contributed by atoms with van der Waals surface area (Å²) in [5, 5.41) is 0. The van der Waals surface area contributed by atoms with Crippen LogP contribution in [-0.4, -0.2) is 11.4 Å². The molecule has 0 amide bonds. The van der Waals surface area contributed by atoms with E-state index in [4.69, 9.17) is 9.15 Å². The van der Waals surface area contributed by atoms with Crippen LogP contribution < -0.4 is 0 Å². The van der Waals surface area contributed by atoms with Crippen molar-refractivity contribution in [2.45, 2.75) is 37.7 Å². The summed E-state index contributed by atoms with van der Waals surface area (Å²) in [7, 11) is 0. The molecule has 1 aromatic heterocycles. The maximum Gasteiger partial charge on any atom is 0.240 e. The van der Waals surface area contributed by atoms with Gasteiger partial charge in [-0.15, -0.1) is 0 Å². The molecule has 84 valence electrons. The number of hydrogen-bond donors (Lipinski definition) is 0. The third-order valence-electron chi connectivity index (χ3n) is 3.42. The van der Waals surface area contributed by atoms with Crippen molar-refractivity contribution in [2.75, 3.05) is 0 Å². The number of ketones is 1. The molecule has 3 rings (SSSR count). The Labute approximate surface area is 94.1 Å². The second-order valence-electron chi connectivity index (χ2n) is 4.51. The smallest absolute Gasteiger partial charge is 0.240 e. The molecule has 0 atom stereocenters. The number of hydrogen-bond acceptors (Lipinski definition) is 3. The number of carbonyl (C=O) groups is 1. The van der Waals surface area contributed by atoms with Gasteiger partial charge >= 0.3 is 0 Å². The van der Waals surface area contributed by atoms with Crippen LogP contribution >= 0.6 is 0 Å². The summed E-state index contributed by atoms with van der Waals surface area (Å²) in [5.74, 6) is 1.29. The average molecular weight is 218 g/mol. The normalized spacial score (nSPS) is 25.5. The van der Waals surface area contributed by atoms with Crippen molar-refractivity contribution in [2.24, 2.45) is 0 Å². The molecule has 0 N–H and O–H groups in total. The maximum atomic E-state index is 12.0. The zero-order chi connectivity index (χ0) is 11.0. The van der Waals surface area contributed by atoms with Crippen LogP contribution in [0.4, 0.5) is 0 Å². The van der Waals surface area contributed by atoms with Crippen molar-refractivity contribution in [3.05, 3.63) is 29.9 Å². The standard InChI is InChI=1S/C13H14O3/c14-12-11(9-10-5-4-8-15-10)16-13(12)6-2-1-3-7-13/h4-5,8-9H,1-3,6-7H2/b11-9-. The highest BCUT2D eigenvalue weighted by Crippen LogP contribution is 2.43. The summed E-state index contributed by atoms with van der Waals surface area (Å²) in [6.07, 6.45) is 8.44. The number of rotatable bonds is 1. The average Bonchev–Trinajstić information content (AvgIpc) is 2.82. The number of furan rings is 1. The van der Waals surface area contributed by atoms with Crippen LogP contribution in [0, 0.1) is 0 Å². The summed E-state index contributed by atoms with van der Waals surface area (Å²) in [4.78, 5) is 12.0. The van der Waals surface area contributed by atoms with Crippen LogP contribution in [0.5, 0.6) is 0 Å². The Morgan fingerprint density at radius 1 is 1.25 bits per heavy atom. The molecule has 1 aromatic rings. The molecule has 2 fully saturated rings. The summed E-state index contributed by atoms with van der Waals surface area (Å²) in [5.41, 5.74) is -0.476. The summed E-state index contributed by atoms with van der Waals surface area (Å²) in [6.45, 7) is 0. The Morgan fingerprint density at radius 3 is 2.69 bits per heavy atom. The van der Waals surface area contributed by atoms with E-state index in [1.54, 1.807) is 18.4 Å². The zero-order valence-electron chi connectivity index (χ0n) is 9.07. The van der Waals surface area contributed by atoms with E-state index in [0.717, 1.165) is 25.7 Å². The topological polar surface area (TPSA) is 39.4 Å². The van der Waals surface area contributed by atoms with Crippen LogP contribution in [0.15, 0.2) is 28.6 Å². The quantitative estimate of drug-likeness (QED) is 0.680. The molecular weight excluding hydrogens is 204 g/mol. The summed E-state index contributed by atoms with van der Waals surface area (Å²) >= 11 is 0. The van der Waals surface area contributed by atoms with Gasteiger partial charge in [0, 0.05) is 6.08 Å². The minimum absolute atomic E-state index is 0.156. The summed E-state index contributed by atoms with van der Waals surface area (Å²) in [6, 6.07) is 3.61. The van der Waals surface area contributed by atoms with Crippen molar-refractivity contribution in [3.8, 4) is 0 Å². The first-order valence-electron chi connectivity index (χ1n) is 5.79. The van der Waals surface area contributed by atoms with E-state index in [0.29, 0.717) is 11.5 Å². The third kappa shape index (κ3) is 1.39. The minimum Gasteiger partial charge on any atom is -0.475 e. The lowest BCUT2D eigenvalue weighted by atomic mass is 9.77. The SMILES string of the molecule is O=C1/C(=C/c2ccco2)OC12CCCCC2. The lowest BCUT2D eigenvalue weighted by molar-refractivity contribution is -0.165. The van der Waals surface area contributed by atoms with Crippen LogP contribution in [0.1, 0.15) is 37.9 Å².